The molecule has 0 bridgehead atoms. The lowest BCUT2D eigenvalue weighted by atomic mass is 9.55. The number of anilines is 1. The van der Waals surface area contributed by atoms with E-state index in [4.69, 9.17) is 16.3 Å². The van der Waals surface area contributed by atoms with Crippen LogP contribution in [0.15, 0.2) is 18.2 Å². The van der Waals surface area contributed by atoms with Gasteiger partial charge in [0.15, 0.2) is 0 Å². The molecule has 0 amide bonds. The minimum Gasteiger partial charge on any atom is -0.381 e. The molecule has 2 nitrogen and oxygen atoms in total. The second-order valence-corrected chi connectivity index (χ2v) is 6.58. The molecule has 1 aliphatic heterocycles. The predicted molar refractivity (Wildman–Crippen MR) is 75.1 cm³/mol. The van der Waals surface area contributed by atoms with Gasteiger partial charge in [0.25, 0.3) is 0 Å². The van der Waals surface area contributed by atoms with E-state index in [1.807, 2.05) is 6.07 Å². The summed E-state index contributed by atoms with van der Waals surface area (Å²) in [6, 6.07) is 5.23. The van der Waals surface area contributed by atoms with Crippen molar-refractivity contribution >= 4 is 17.3 Å². The van der Waals surface area contributed by atoms with Gasteiger partial charge < -0.3 is 10.1 Å². The second-order valence-electron chi connectivity index (χ2n) is 6.17. The van der Waals surface area contributed by atoms with Gasteiger partial charge in [-0.1, -0.05) is 25.4 Å². The third-order valence-electron chi connectivity index (χ3n) is 4.57. The molecule has 0 aromatic heterocycles. The van der Waals surface area contributed by atoms with Crippen LogP contribution in [0.25, 0.3) is 0 Å². The topological polar surface area (TPSA) is 21.3 Å². The quantitative estimate of drug-likeness (QED) is 0.882. The Hall–Kier alpha value is -0.800. The van der Waals surface area contributed by atoms with Gasteiger partial charge in [-0.05, 0) is 31.0 Å². The Labute approximate surface area is 118 Å². The first-order valence-corrected chi connectivity index (χ1v) is 7.21. The number of ether oxygens (including phenoxy) is 1. The number of fused-ring (bicyclic) bond motifs is 1. The third kappa shape index (κ3) is 2.13. The average Bonchev–Trinajstić information content (AvgIpc) is 2.40. The molecular formula is C15H19ClFNO. The SMILES string of the molecule is CC1(C)C(Nc2ccc(Cl)c(F)c2)C2CCCOC21. The van der Waals surface area contributed by atoms with Crippen LogP contribution in [-0.2, 0) is 4.74 Å². The molecule has 1 heterocycles. The third-order valence-corrected chi connectivity index (χ3v) is 4.88. The number of halogens is 2. The van der Waals surface area contributed by atoms with Crippen LogP contribution < -0.4 is 5.32 Å². The lowest BCUT2D eigenvalue weighted by molar-refractivity contribution is -0.177. The molecule has 19 heavy (non-hydrogen) atoms. The maximum atomic E-state index is 13.5. The molecule has 2 aliphatic rings. The smallest absolute Gasteiger partial charge is 0.143 e. The number of nitrogens with one attached hydrogen (secondary N) is 1. The van der Waals surface area contributed by atoms with Gasteiger partial charge in [-0.2, -0.15) is 0 Å². The maximum absolute atomic E-state index is 13.5. The Kier molecular flexibility index (Phi) is 3.22. The monoisotopic (exact) mass is 283 g/mol. The van der Waals surface area contributed by atoms with Gasteiger partial charge in [-0.3, -0.25) is 0 Å². The molecule has 1 aromatic carbocycles. The lowest BCUT2D eigenvalue weighted by Crippen LogP contribution is -2.67. The summed E-state index contributed by atoms with van der Waals surface area (Å²) in [6.45, 7) is 5.29. The highest BCUT2D eigenvalue weighted by Crippen LogP contribution is 2.52. The molecule has 2 fully saturated rings. The fraction of sp³-hybridized carbons (Fsp3) is 0.600. The highest BCUT2D eigenvalue weighted by molar-refractivity contribution is 6.30. The van der Waals surface area contributed by atoms with Crippen LogP contribution in [0.4, 0.5) is 10.1 Å². The molecule has 1 N–H and O–H groups in total. The Bertz CT molecular complexity index is 491. The summed E-state index contributed by atoms with van der Waals surface area (Å²) in [5, 5.41) is 3.62. The number of rotatable bonds is 2. The summed E-state index contributed by atoms with van der Waals surface area (Å²) < 4.78 is 19.3. The summed E-state index contributed by atoms with van der Waals surface area (Å²) in [5.41, 5.74) is 0.880. The Balaban J connectivity index is 1.77. The maximum Gasteiger partial charge on any atom is 0.143 e. The minimum atomic E-state index is -0.375. The van der Waals surface area contributed by atoms with Crippen molar-refractivity contribution in [2.24, 2.45) is 11.3 Å². The van der Waals surface area contributed by atoms with Crippen LogP contribution in [-0.4, -0.2) is 18.8 Å². The highest BCUT2D eigenvalue weighted by atomic mass is 35.5. The van der Waals surface area contributed by atoms with Crippen LogP contribution >= 0.6 is 11.6 Å². The fourth-order valence-electron chi connectivity index (χ4n) is 3.58. The number of hydrogen-bond acceptors (Lipinski definition) is 2. The molecule has 1 aliphatic carbocycles. The summed E-state index contributed by atoms with van der Waals surface area (Å²) in [7, 11) is 0. The normalized spacial score (nSPS) is 32.3. The van der Waals surface area contributed by atoms with E-state index in [0.717, 1.165) is 18.7 Å². The largest absolute Gasteiger partial charge is 0.381 e. The van der Waals surface area contributed by atoms with Crippen LogP contribution in [0.1, 0.15) is 26.7 Å². The van der Waals surface area contributed by atoms with Gasteiger partial charge >= 0.3 is 0 Å². The Morgan fingerprint density at radius 3 is 2.95 bits per heavy atom. The van der Waals surface area contributed by atoms with Crippen LogP contribution in [0.3, 0.4) is 0 Å². The molecule has 1 aromatic rings. The first-order valence-electron chi connectivity index (χ1n) is 6.83. The molecule has 1 saturated carbocycles. The van der Waals surface area contributed by atoms with E-state index in [2.05, 4.69) is 19.2 Å². The summed E-state index contributed by atoms with van der Waals surface area (Å²) in [6.07, 6.45) is 2.63. The van der Waals surface area contributed by atoms with Crippen molar-refractivity contribution in [3.8, 4) is 0 Å². The van der Waals surface area contributed by atoms with E-state index in [1.165, 1.54) is 12.5 Å². The van der Waals surface area contributed by atoms with Crippen LogP contribution in [0.5, 0.6) is 0 Å². The zero-order chi connectivity index (χ0) is 13.6. The predicted octanol–water partition coefficient (Wildman–Crippen LogP) is 4.09. The van der Waals surface area contributed by atoms with Crippen LogP contribution in [0.2, 0.25) is 5.02 Å². The molecule has 0 spiro atoms. The van der Waals surface area contributed by atoms with Crippen molar-refractivity contribution in [3.05, 3.63) is 29.0 Å². The summed E-state index contributed by atoms with van der Waals surface area (Å²) in [5.74, 6) is 0.155. The first kappa shape index (κ1) is 13.2. The van der Waals surface area contributed by atoms with Gasteiger partial charge in [-0.25, -0.2) is 4.39 Å². The Morgan fingerprint density at radius 1 is 1.42 bits per heavy atom. The Morgan fingerprint density at radius 2 is 2.21 bits per heavy atom. The molecule has 104 valence electrons. The molecule has 3 unspecified atom stereocenters. The lowest BCUT2D eigenvalue weighted by Gasteiger charge is -2.60. The summed E-state index contributed by atoms with van der Waals surface area (Å²) >= 11 is 5.71. The molecule has 4 heteroatoms. The molecule has 3 rings (SSSR count). The molecule has 1 saturated heterocycles. The zero-order valence-electron chi connectivity index (χ0n) is 11.2. The van der Waals surface area contributed by atoms with E-state index in [1.54, 1.807) is 6.07 Å². The zero-order valence-corrected chi connectivity index (χ0v) is 12.0. The second kappa shape index (κ2) is 4.64. The van der Waals surface area contributed by atoms with Gasteiger partial charge in [0.05, 0.1) is 11.1 Å². The highest BCUT2D eigenvalue weighted by Gasteiger charge is 2.57. The van der Waals surface area contributed by atoms with Crippen LogP contribution in [0, 0.1) is 17.2 Å². The van der Waals surface area contributed by atoms with Gasteiger partial charge in [0, 0.05) is 29.7 Å². The molecule has 3 atom stereocenters. The van der Waals surface area contributed by atoms with Gasteiger partial charge in [-0.15, -0.1) is 0 Å². The van der Waals surface area contributed by atoms with E-state index in [0.29, 0.717) is 18.1 Å². The molecule has 0 radical (unpaired) electrons. The number of benzene rings is 1. The van der Waals surface area contributed by atoms with E-state index >= 15 is 0 Å². The van der Waals surface area contributed by atoms with Crippen molar-refractivity contribution in [1.29, 1.82) is 0 Å². The summed E-state index contributed by atoms with van der Waals surface area (Å²) in [4.78, 5) is 0. The van der Waals surface area contributed by atoms with Crippen molar-refractivity contribution in [1.82, 2.24) is 0 Å². The van der Waals surface area contributed by atoms with Crippen molar-refractivity contribution < 1.29 is 9.13 Å². The first-order chi connectivity index (χ1) is 9.00. The van der Waals surface area contributed by atoms with Gasteiger partial charge in [0.1, 0.15) is 5.82 Å². The average molecular weight is 284 g/mol. The van der Waals surface area contributed by atoms with Crippen molar-refractivity contribution in [2.45, 2.75) is 38.8 Å². The molecular weight excluding hydrogens is 265 g/mol. The van der Waals surface area contributed by atoms with E-state index < -0.39 is 0 Å². The number of hydrogen-bond donors (Lipinski definition) is 1. The van der Waals surface area contributed by atoms with E-state index in [-0.39, 0.29) is 16.3 Å². The minimum absolute atomic E-state index is 0.0845. The van der Waals surface area contributed by atoms with Crippen molar-refractivity contribution in [2.75, 3.05) is 11.9 Å². The standard InChI is InChI=1S/C15H19ClFNO/c1-15(2)13(10-4-3-7-19-14(10)15)18-9-5-6-11(16)12(17)8-9/h5-6,8,10,13-14,18H,3-4,7H2,1-2H3. The van der Waals surface area contributed by atoms with Gasteiger partial charge in [0.2, 0.25) is 0 Å². The van der Waals surface area contributed by atoms with E-state index in [9.17, 15) is 4.39 Å². The fourth-order valence-corrected chi connectivity index (χ4v) is 3.70. The van der Waals surface area contributed by atoms with Crippen molar-refractivity contribution in [3.63, 3.8) is 0 Å².